The number of benzene rings is 1. The molecule has 0 spiro atoms. The number of aliphatic hydroxyl groups is 1. The number of piperazine rings is 1. The molecule has 128 valence electrons. The second-order valence-electron chi connectivity index (χ2n) is 7.04. The van der Waals surface area contributed by atoms with Crippen molar-refractivity contribution in [1.29, 1.82) is 0 Å². The van der Waals surface area contributed by atoms with Crippen LogP contribution in [0.15, 0.2) is 30.3 Å². The molecule has 1 saturated carbocycles. The first kappa shape index (κ1) is 15.7. The van der Waals surface area contributed by atoms with Crippen LogP contribution in [0, 0.1) is 0 Å². The molecule has 2 aliphatic rings. The summed E-state index contributed by atoms with van der Waals surface area (Å²) in [6.45, 7) is 3.20. The number of hydrogen-bond donors (Lipinski definition) is 1. The molecule has 5 heteroatoms. The van der Waals surface area contributed by atoms with Gasteiger partial charge in [0.05, 0.1) is 6.10 Å². The van der Waals surface area contributed by atoms with Crippen LogP contribution in [0.2, 0.25) is 0 Å². The summed E-state index contributed by atoms with van der Waals surface area (Å²) < 4.78 is 1.99. The molecular weight excluding hydrogens is 302 g/mol. The number of carbonyl (C=O) groups is 1. The molecule has 1 aliphatic heterocycles. The molecule has 1 amide bonds. The number of rotatable bonds is 2. The standard InChI is InChI=1S/C19H25N3O2/c1-20-15-6-3-2-5-14(15)13-17(20)19(24)22-11-9-21(10-12-22)16-7-4-8-18(16)23/h2-3,5-6,13,16,18,23H,4,7-12H2,1H3/t16-,18-/m0/s1. The Morgan fingerprint density at radius 1 is 1.12 bits per heavy atom. The average Bonchev–Trinajstić information content (AvgIpc) is 3.18. The van der Waals surface area contributed by atoms with Crippen molar-refractivity contribution in [3.05, 3.63) is 36.0 Å². The van der Waals surface area contributed by atoms with Crippen LogP contribution in [-0.4, -0.2) is 63.7 Å². The molecule has 2 aromatic rings. The molecule has 2 fully saturated rings. The van der Waals surface area contributed by atoms with E-state index in [4.69, 9.17) is 0 Å². The van der Waals surface area contributed by atoms with Gasteiger partial charge in [-0.2, -0.15) is 0 Å². The molecule has 0 unspecified atom stereocenters. The summed E-state index contributed by atoms with van der Waals surface area (Å²) in [5.74, 6) is 0.111. The Kier molecular flexibility index (Phi) is 4.06. The Morgan fingerprint density at radius 3 is 2.54 bits per heavy atom. The van der Waals surface area contributed by atoms with Crippen LogP contribution in [0.3, 0.4) is 0 Å². The maximum atomic E-state index is 12.9. The highest BCUT2D eigenvalue weighted by Gasteiger charge is 2.33. The second kappa shape index (κ2) is 6.22. The number of amides is 1. The lowest BCUT2D eigenvalue weighted by atomic mass is 10.1. The molecule has 24 heavy (non-hydrogen) atoms. The second-order valence-corrected chi connectivity index (χ2v) is 7.04. The Labute approximate surface area is 142 Å². The average molecular weight is 327 g/mol. The minimum absolute atomic E-state index is 0.111. The van der Waals surface area contributed by atoms with Gasteiger partial charge in [0.15, 0.2) is 0 Å². The van der Waals surface area contributed by atoms with Gasteiger partial charge in [-0.1, -0.05) is 18.2 Å². The van der Waals surface area contributed by atoms with Gasteiger partial charge in [-0.05, 0) is 31.4 Å². The zero-order valence-electron chi connectivity index (χ0n) is 14.2. The fourth-order valence-corrected chi connectivity index (χ4v) is 4.26. The van der Waals surface area contributed by atoms with Crippen molar-refractivity contribution in [2.45, 2.75) is 31.4 Å². The molecule has 1 saturated heterocycles. The normalized spacial score (nSPS) is 25.5. The van der Waals surface area contributed by atoms with Gasteiger partial charge in [-0.3, -0.25) is 9.69 Å². The molecule has 1 aliphatic carbocycles. The van der Waals surface area contributed by atoms with E-state index in [9.17, 15) is 9.90 Å². The van der Waals surface area contributed by atoms with Crippen molar-refractivity contribution in [2.75, 3.05) is 26.2 Å². The third kappa shape index (κ3) is 2.62. The fourth-order valence-electron chi connectivity index (χ4n) is 4.26. The SMILES string of the molecule is Cn1c(C(=O)N2CCN([C@H]3CCC[C@@H]3O)CC2)cc2ccccc21. The third-order valence-corrected chi connectivity index (χ3v) is 5.69. The predicted molar refractivity (Wildman–Crippen MR) is 94.0 cm³/mol. The van der Waals surface area contributed by atoms with Gasteiger partial charge < -0.3 is 14.6 Å². The highest BCUT2D eigenvalue weighted by Crippen LogP contribution is 2.26. The summed E-state index contributed by atoms with van der Waals surface area (Å²) in [5, 5.41) is 11.2. The predicted octanol–water partition coefficient (Wildman–Crippen LogP) is 1.85. The van der Waals surface area contributed by atoms with E-state index < -0.39 is 0 Å². The maximum absolute atomic E-state index is 12.9. The summed E-state index contributed by atoms with van der Waals surface area (Å²) in [6, 6.07) is 10.4. The largest absolute Gasteiger partial charge is 0.391 e. The summed E-state index contributed by atoms with van der Waals surface area (Å²) in [4.78, 5) is 17.2. The zero-order chi connectivity index (χ0) is 16.7. The van der Waals surface area contributed by atoms with Crippen LogP contribution in [0.5, 0.6) is 0 Å². The number of aromatic nitrogens is 1. The Bertz CT molecular complexity index is 746. The van der Waals surface area contributed by atoms with Crippen molar-refractivity contribution >= 4 is 16.8 Å². The lowest BCUT2D eigenvalue weighted by Gasteiger charge is -2.39. The molecule has 1 aromatic carbocycles. The van der Waals surface area contributed by atoms with Gasteiger partial charge >= 0.3 is 0 Å². The quantitative estimate of drug-likeness (QED) is 0.916. The lowest BCUT2D eigenvalue weighted by molar-refractivity contribution is 0.0311. The van der Waals surface area contributed by atoms with E-state index in [1.807, 2.05) is 46.8 Å². The van der Waals surface area contributed by atoms with Crippen molar-refractivity contribution < 1.29 is 9.90 Å². The number of fused-ring (bicyclic) bond motifs is 1. The van der Waals surface area contributed by atoms with Crippen LogP contribution in [0.4, 0.5) is 0 Å². The van der Waals surface area contributed by atoms with Gasteiger partial charge in [0, 0.05) is 50.2 Å². The summed E-state index contributed by atoms with van der Waals surface area (Å²) in [5.41, 5.74) is 1.85. The van der Waals surface area contributed by atoms with Crippen LogP contribution < -0.4 is 0 Å². The number of aliphatic hydroxyl groups excluding tert-OH is 1. The third-order valence-electron chi connectivity index (χ3n) is 5.69. The topological polar surface area (TPSA) is 48.7 Å². The van der Waals surface area contributed by atoms with Crippen LogP contribution in [0.25, 0.3) is 10.9 Å². The lowest BCUT2D eigenvalue weighted by Crippen LogP contribution is -2.53. The van der Waals surface area contributed by atoms with E-state index in [1.54, 1.807) is 0 Å². The summed E-state index contributed by atoms with van der Waals surface area (Å²) in [6.07, 6.45) is 2.92. The highest BCUT2D eigenvalue weighted by atomic mass is 16.3. The van der Waals surface area contributed by atoms with Gasteiger partial charge in [0.1, 0.15) is 5.69 Å². The van der Waals surface area contributed by atoms with Gasteiger partial charge in [-0.15, -0.1) is 0 Å². The zero-order valence-corrected chi connectivity index (χ0v) is 14.2. The van der Waals surface area contributed by atoms with Crippen LogP contribution in [0.1, 0.15) is 29.8 Å². The van der Waals surface area contributed by atoms with E-state index in [0.717, 1.165) is 62.0 Å². The molecule has 4 rings (SSSR count). The van der Waals surface area contributed by atoms with Crippen molar-refractivity contribution in [2.24, 2.45) is 7.05 Å². The first-order valence-corrected chi connectivity index (χ1v) is 8.91. The van der Waals surface area contributed by atoms with Crippen LogP contribution in [-0.2, 0) is 7.05 Å². The molecular formula is C19H25N3O2. The number of nitrogens with zero attached hydrogens (tertiary/aromatic N) is 3. The van der Waals surface area contributed by atoms with Crippen molar-refractivity contribution in [1.82, 2.24) is 14.4 Å². The Morgan fingerprint density at radius 2 is 1.88 bits per heavy atom. The highest BCUT2D eigenvalue weighted by molar-refractivity contribution is 5.98. The minimum atomic E-state index is -0.189. The summed E-state index contributed by atoms with van der Waals surface area (Å²) >= 11 is 0. The van der Waals surface area contributed by atoms with Gasteiger partial charge in [0.2, 0.25) is 0 Å². The monoisotopic (exact) mass is 327 g/mol. The number of hydrogen-bond acceptors (Lipinski definition) is 3. The number of para-hydroxylation sites is 1. The van der Waals surface area contributed by atoms with E-state index in [1.165, 1.54) is 0 Å². The molecule has 1 N–H and O–H groups in total. The Balaban J connectivity index is 1.47. The fraction of sp³-hybridized carbons (Fsp3) is 0.526. The van der Waals surface area contributed by atoms with Crippen molar-refractivity contribution in [3.63, 3.8) is 0 Å². The van der Waals surface area contributed by atoms with Gasteiger partial charge in [0.25, 0.3) is 5.91 Å². The van der Waals surface area contributed by atoms with E-state index >= 15 is 0 Å². The van der Waals surface area contributed by atoms with Crippen LogP contribution >= 0.6 is 0 Å². The first-order valence-electron chi connectivity index (χ1n) is 8.91. The Hall–Kier alpha value is -1.85. The number of aryl methyl sites for hydroxylation is 1. The first-order chi connectivity index (χ1) is 11.6. The smallest absolute Gasteiger partial charge is 0.270 e. The maximum Gasteiger partial charge on any atom is 0.270 e. The molecule has 0 bridgehead atoms. The van der Waals surface area contributed by atoms with E-state index in [2.05, 4.69) is 4.90 Å². The summed E-state index contributed by atoms with van der Waals surface area (Å²) in [7, 11) is 1.96. The van der Waals surface area contributed by atoms with E-state index in [0.29, 0.717) is 6.04 Å². The molecule has 1 aromatic heterocycles. The number of carbonyl (C=O) groups excluding carboxylic acids is 1. The molecule has 5 nitrogen and oxygen atoms in total. The van der Waals surface area contributed by atoms with Crippen molar-refractivity contribution in [3.8, 4) is 0 Å². The molecule has 0 radical (unpaired) electrons. The molecule has 2 atom stereocenters. The molecule has 2 heterocycles. The van der Waals surface area contributed by atoms with Gasteiger partial charge in [-0.25, -0.2) is 0 Å². The van der Waals surface area contributed by atoms with E-state index in [-0.39, 0.29) is 12.0 Å². The minimum Gasteiger partial charge on any atom is -0.391 e.